The van der Waals surface area contributed by atoms with E-state index in [2.05, 4.69) is 26.6 Å². The molecule has 0 spiro atoms. The minimum absolute atomic E-state index is 0.00462. The fourth-order valence-electron chi connectivity index (χ4n) is 1.43. The maximum absolute atomic E-state index is 13.0. The van der Waals surface area contributed by atoms with Gasteiger partial charge in [0.15, 0.2) is 0 Å². The first-order valence-electron chi connectivity index (χ1n) is 5.43. The van der Waals surface area contributed by atoms with Gasteiger partial charge in [0.1, 0.15) is 5.82 Å². The van der Waals surface area contributed by atoms with E-state index in [0.717, 1.165) is 5.56 Å². The van der Waals surface area contributed by atoms with Crippen LogP contribution in [0.5, 0.6) is 0 Å². The predicted octanol–water partition coefficient (Wildman–Crippen LogP) is 2.37. The fourth-order valence-corrected chi connectivity index (χ4v) is 1.82. The van der Waals surface area contributed by atoms with Gasteiger partial charge in [-0.2, -0.15) is 0 Å². The summed E-state index contributed by atoms with van der Waals surface area (Å²) in [5, 5.41) is 5.77. The van der Waals surface area contributed by atoms with Crippen LogP contribution < -0.4 is 10.6 Å². The Hall–Kier alpha value is -0.940. The molecule has 0 aromatic heterocycles. The van der Waals surface area contributed by atoms with Crippen molar-refractivity contribution in [3.63, 3.8) is 0 Å². The predicted molar refractivity (Wildman–Crippen MR) is 69.2 cm³/mol. The molecule has 0 saturated carbocycles. The topological polar surface area (TPSA) is 41.1 Å². The zero-order valence-corrected chi connectivity index (χ0v) is 11.5. The van der Waals surface area contributed by atoms with Crippen molar-refractivity contribution >= 4 is 21.8 Å². The van der Waals surface area contributed by atoms with Crippen molar-refractivity contribution in [2.75, 3.05) is 13.6 Å². The number of amides is 1. The smallest absolute Gasteiger partial charge is 0.221 e. The normalized spacial score (nSPS) is 12.2. The lowest BCUT2D eigenvalue weighted by Gasteiger charge is -2.14. The summed E-state index contributed by atoms with van der Waals surface area (Å²) in [4.78, 5) is 11.0. The van der Waals surface area contributed by atoms with Crippen LogP contribution in [0.3, 0.4) is 0 Å². The minimum Gasteiger partial charge on any atom is -0.359 e. The second-order valence-electron chi connectivity index (χ2n) is 3.77. The van der Waals surface area contributed by atoms with Gasteiger partial charge in [0, 0.05) is 26.1 Å². The van der Waals surface area contributed by atoms with Crippen LogP contribution in [0.25, 0.3) is 0 Å². The lowest BCUT2D eigenvalue weighted by atomic mass is 10.1. The van der Waals surface area contributed by atoms with Gasteiger partial charge in [-0.3, -0.25) is 4.79 Å². The molecule has 1 aromatic rings. The molecule has 0 radical (unpaired) electrons. The summed E-state index contributed by atoms with van der Waals surface area (Å²) in [7, 11) is 1.61. The molecule has 0 bridgehead atoms. The van der Waals surface area contributed by atoms with Crippen molar-refractivity contribution in [1.82, 2.24) is 10.6 Å². The van der Waals surface area contributed by atoms with E-state index >= 15 is 0 Å². The molecule has 2 N–H and O–H groups in total. The Kier molecular flexibility index (Phi) is 5.58. The third-order valence-corrected chi connectivity index (χ3v) is 3.13. The zero-order valence-electron chi connectivity index (χ0n) is 9.89. The summed E-state index contributed by atoms with van der Waals surface area (Å²) in [6, 6.07) is 4.98. The first-order chi connectivity index (χ1) is 8.04. The van der Waals surface area contributed by atoms with Gasteiger partial charge in [-0.15, -0.1) is 0 Å². The minimum atomic E-state index is -0.272. The van der Waals surface area contributed by atoms with E-state index in [1.165, 1.54) is 6.07 Å². The number of hydrogen-bond donors (Lipinski definition) is 2. The van der Waals surface area contributed by atoms with Crippen LogP contribution in [0, 0.1) is 5.82 Å². The van der Waals surface area contributed by atoms with Crippen LogP contribution in [0.2, 0.25) is 0 Å². The molecule has 1 aromatic carbocycles. The van der Waals surface area contributed by atoms with Crippen LogP contribution >= 0.6 is 15.9 Å². The molecular formula is C12H16BrFN2O. The molecule has 94 valence electrons. The molecule has 1 amide bonds. The highest BCUT2D eigenvalue weighted by molar-refractivity contribution is 9.10. The van der Waals surface area contributed by atoms with Gasteiger partial charge in [0.25, 0.3) is 0 Å². The summed E-state index contributed by atoms with van der Waals surface area (Å²) in [5.74, 6) is -0.267. The maximum Gasteiger partial charge on any atom is 0.221 e. The van der Waals surface area contributed by atoms with Crippen LogP contribution in [-0.2, 0) is 4.79 Å². The Bertz CT molecular complexity index is 398. The molecule has 0 aliphatic carbocycles. The second-order valence-corrected chi connectivity index (χ2v) is 4.63. The van der Waals surface area contributed by atoms with E-state index in [4.69, 9.17) is 0 Å². The largest absolute Gasteiger partial charge is 0.359 e. The average molecular weight is 303 g/mol. The highest BCUT2D eigenvalue weighted by atomic mass is 79.9. The average Bonchev–Trinajstić information content (AvgIpc) is 2.32. The van der Waals surface area contributed by atoms with E-state index in [1.807, 2.05) is 6.92 Å². The Morgan fingerprint density at radius 2 is 2.24 bits per heavy atom. The number of nitrogens with one attached hydrogen (secondary N) is 2. The highest BCUT2D eigenvalue weighted by Gasteiger charge is 2.08. The Balaban J connectivity index is 2.49. The summed E-state index contributed by atoms with van der Waals surface area (Å²) in [6.07, 6.45) is 0.434. The molecule has 3 nitrogen and oxygen atoms in total. The molecule has 0 heterocycles. The molecule has 5 heteroatoms. The van der Waals surface area contributed by atoms with Crippen molar-refractivity contribution in [1.29, 1.82) is 0 Å². The number of carbonyl (C=O) groups is 1. The van der Waals surface area contributed by atoms with Crippen molar-refractivity contribution < 1.29 is 9.18 Å². The summed E-state index contributed by atoms with van der Waals surface area (Å²) in [5.41, 5.74) is 0.982. The molecule has 1 atom stereocenters. The quantitative estimate of drug-likeness (QED) is 0.877. The molecule has 0 fully saturated rings. The molecule has 0 aliphatic heterocycles. The van der Waals surface area contributed by atoms with Gasteiger partial charge in [-0.1, -0.05) is 6.07 Å². The van der Waals surface area contributed by atoms with E-state index in [9.17, 15) is 9.18 Å². The Morgan fingerprint density at radius 3 is 2.82 bits per heavy atom. The third kappa shape index (κ3) is 4.44. The van der Waals surface area contributed by atoms with Crippen molar-refractivity contribution in [2.24, 2.45) is 0 Å². The van der Waals surface area contributed by atoms with Gasteiger partial charge < -0.3 is 10.6 Å². The second kappa shape index (κ2) is 6.71. The van der Waals surface area contributed by atoms with Gasteiger partial charge in [0.2, 0.25) is 5.91 Å². The summed E-state index contributed by atoms with van der Waals surface area (Å²) in [6.45, 7) is 2.57. The molecule has 17 heavy (non-hydrogen) atoms. The summed E-state index contributed by atoms with van der Waals surface area (Å²) >= 11 is 3.15. The molecule has 1 rings (SSSR count). The lowest BCUT2D eigenvalue weighted by Crippen LogP contribution is -2.26. The number of rotatable bonds is 5. The third-order valence-electron chi connectivity index (χ3n) is 2.53. The van der Waals surface area contributed by atoms with Gasteiger partial charge in [0.05, 0.1) is 4.47 Å². The van der Waals surface area contributed by atoms with Crippen molar-refractivity contribution in [3.8, 4) is 0 Å². The van der Waals surface area contributed by atoms with Gasteiger partial charge in [-0.05, 0) is 40.5 Å². The maximum atomic E-state index is 13.0. The van der Waals surface area contributed by atoms with Gasteiger partial charge in [-0.25, -0.2) is 4.39 Å². The van der Waals surface area contributed by atoms with E-state index in [1.54, 1.807) is 19.2 Å². The van der Waals surface area contributed by atoms with Crippen molar-refractivity contribution in [2.45, 2.75) is 19.4 Å². The first-order valence-corrected chi connectivity index (χ1v) is 6.22. The number of carbonyl (C=O) groups excluding carboxylic acids is 1. The molecule has 1 unspecified atom stereocenters. The lowest BCUT2D eigenvalue weighted by molar-refractivity contribution is -0.120. The Morgan fingerprint density at radius 1 is 1.53 bits per heavy atom. The highest BCUT2D eigenvalue weighted by Crippen LogP contribution is 2.21. The van der Waals surface area contributed by atoms with E-state index in [-0.39, 0.29) is 17.8 Å². The molecule has 0 saturated heterocycles. The Labute approximate surface area is 109 Å². The first kappa shape index (κ1) is 14.1. The standard InChI is InChI=1S/C12H16BrFN2O/c1-8(16-6-5-12(17)15-2)9-3-4-11(14)10(13)7-9/h3-4,7-8,16H,5-6H2,1-2H3,(H,15,17). The van der Waals surface area contributed by atoms with Gasteiger partial charge >= 0.3 is 0 Å². The SMILES string of the molecule is CNC(=O)CCNC(C)c1ccc(F)c(Br)c1. The van der Waals surface area contributed by atoms with E-state index < -0.39 is 0 Å². The monoisotopic (exact) mass is 302 g/mol. The van der Waals surface area contributed by atoms with Crippen LogP contribution in [0.4, 0.5) is 4.39 Å². The molecular weight excluding hydrogens is 287 g/mol. The van der Waals surface area contributed by atoms with E-state index in [0.29, 0.717) is 17.4 Å². The molecule has 0 aliphatic rings. The van der Waals surface area contributed by atoms with Crippen LogP contribution in [0.1, 0.15) is 24.9 Å². The fraction of sp³-hybridized carbons (Fsp3) is 0.417. The number of halogens is 2. The summed E-state index contributed by atoms with van der Waals surface area (Å²) < 4.78 is 13.5. The van der Waals surface area contributed by atoms with Crippen LogP contribution in [-0.4, -0.2) is 19.5 Å². The number of hydrogen-bond acceptors (Lipinski definition) is 2. The van der Waals surface area contributed by atoms with Crippen molar-refractivity contribution in [3.05, 3.63) is 34.1 Å². The zero-order chi connectivity index (χ0) is 12.8. The van der Waals surface area contributed by atoms with Crippen LogP contribution in [0.15, 0.2) is 22.7 Å². The number of benzene rings is 1.